The van der Waals surface area contributed by atoms with Crippen molar-refractivity contribution in [1.29, 1.82) is 0 Å². The van der Waals surface area contributed by atoms with Crippen LogP contribution in [-0.2, 0) is 16.4 Å². The van der Waals surface area contributed by atoms with Crippen molar-refractivity contribution >= 4 is 32.7 Å². The Labute approximate surface area is 235 Å². The van der Waals surface area contributed by atoms with Gasteiger partial charge in [-0.3, -0.25) is 4.72 Å². The fourth-order valence-corrected chi connectivity index (χ4v) is 6.59. The molecule has 10 heteroatoms. The Morgan fingerprint density at radius 2 is 1.75 bits per heavy atom. The van der Waals surface area contributed by atoms with Gasteiger partial charge in [-0.1, -0.05) is 25.1 Å². The van der Waals surface area contributed by atoms with E-state index in [0.717, 1.165) is 59.7 Å². The van der Waals surface area contributed by atoms with E-state index < -0.39 is 10.0 Å². The molecule has 4 aromatic rings. The van der Waals surface area contributed by atoms with Crippen LogP contribution >= 0.6 is 0 Å². The Hall–Kier alpha value is -3.76. The van der Waals surface area contributed by atoms with Crippen molar-refractivity contribution in [2.75, 3.05) is 24.2 Å². The molecule has 1 fully saturated rings. The minimum atomic E-state index is -3.80. The van der Waals surface area contributed by atoms with E-state index in [0.29, 0.717) is 29.5 Å². The number of fused-ring (bicyclic) bond motifs is 1. The molecule has 2 aromatic carbocycles. The zero-order chi connectivity index (χ0) is 28.3. The second kappa shape index (κ2) is 11.8. The van der Waals surface area contributed by atoms with Crippen LogP contribution < -0.4 is 20.1 Å². The smallest absolute Gasteiger partial charge is 0.263 e. The Balaban J connectivity index is 1.42. The van der Waals surface area contributed by atoms with Gasteiger partial charge in [0.05, 0.1) is 17.5 Å². The average molecular weight is 561 g/mol. The van der Waals surface area contributed by atoms with Gasteiger partial charge in [0, 0.05) is 29.2 Å². The molecule has 40 heavy (non-hydrogen) atoms. The third kappa shape index (κ3) is 5.88. The summed E-state index contributed by atoms with van der Waals surface area (Å²) in [5.41, 5.74) is 4.31. The molecule has 1 saturated carbocycles. The summed E-state index contributed by atoms with van der Waals surface area (Å²) in [6, 6.07) is 15.4. The van der Waals surface area contributed by atoms with Crippen LogP contribution in [0.4, 0.5) is 11.8 Å². The van der Waals surface area contributed by atoms with E-state index in [1.54, 1.807) is 37.3 Å². The largest absolute Gasteiger partial charge is 0.480 e. The zero-order valence-corrected chi connectivity index (χ0v) is 24.2. The highest BCUT2D eigenvalue weighted by molar-refractivity contribution is 7.92. The van der Waals surface area contributed by atoms with Crippen molar-refractivity contribution in [3.8, 4) is 17.0 Å². The maximum atomic E-state index is 13.0. The number of rotatable bonds is 9. The van der Waals surface area contributed by atoms with E-state index in [2.05, 4.69) is 38.3 Å². The van der Waals surface area contributed by atoms with Crippen LogP contribution in [0.2, 0.25) is 0 Å². The first kappa shape index (κ1) is 27.8. The predicted octanol–water partition coefficient (Wildman–Crippen LogP) is 5.31. The van der Waals surface area contributed by atoms with Crippen LogP contribution in [0.15, 0.2) is 59.6 Å². The lowest BCUT2D eigenvalue weighted by Crippen LogP contribution is -2.35. The molecule has 5 rings (SSSR count). The summed E-state index contributed by atoms with van der Waals surface area (Å²) in [6.07, 6.45) is 7.13. The molecule has 1 aliphatic rings. The molecule has 0 atom stereocenters. The molecule has 3 N–H and O–H groups in total. The molecule has 0 bridgehead atoms. The number of aryl methyl sites for hydroxylation is 2. The van der Waals surface area contributed by atoms with Crippen LogP contribution in [0.5, 0.6) is 5.88 Å². The van der Waals surface area contributed by atoms with Crippen LogP contribution in [-0.4, -0.2) is 49.6 Å². The zero-order valence-electron chi connectivity index (χ0n) is 23.4. The quantitative estimate of drug-likeness (QED) is 0.252. The van der Waals surface area contributed by atoms with Crippen LogP contribution in [0.3, 0.4) is 0 Å². The molecular formula is C30H36N6O3S. The highest BCUT2D eigenvalue weighted by atomic mass is 32.2. The van der Waals surface area contributed by atoms with Crippen molar-refractivity contribution in [1.82, 2.24) is 20.3 Å². The van der Waals surface area contributed by atoms with Gasteiger partial charge in [0.2, 0.25) is 11.8 Å². The molecule has 0 unspecified atom stereocenters. The second-order valence-corrected chi connectivity index (χ2v) is 11.9. The molecule has 1 aliphatic carbocycles. The summed E-state index contributed by atoms with van der Waals surface area (Å²) >= 11 is 0. The van der Waals surface area contributed by atoms with Crippen molar-refractivity contribution in [2.24, 2.45) is 0 Å². The van der Waals surface area contributed by atoms with E-state index >= 15 is 0 Å². The molecule has 9 nitrogen and oxygen atoms in total. The lowest BCUT2D eigenvalue weighted by atomic mass is 9.91. The lowest BCUT2D eigenvalue weighted by molar-refractivity contribution is 0.370. The van der Waals surface area contributed by atoms with E-state index in [-0.39, 0.29) is 10.7 Å². The van der Waals surface area contributed by atoms with Crippen molar-refractivity contribution < 1.29 is 13.2 Å². The Kier molecular flexibility index (Phi) is 8.18. The first-order chi connectivity index (χ1) is 19.3. The summed E-state index contributed by atoms with van der Waals surface area (Å²) in [7, 11) is -0.245. The van der Waals surface area contributed by atoms with Gasteiger partial charge in [0.15, 0.2) is 0 Å². The topological polar surface area (TPSA) is 118 Å². The number of sulfonamides is 1. The minimum absolute atomic E-state index is 0.183. The van der Waals surface area contributed by atoms with E-state index in [4.69, 9.17) is 9.72 Å². The van der Waals surface area contributed by atoms with E-state index in [1.807, 2.05) is 25.4 Å². The normalized spacial score (nSPS) is 17.5. The summed E-state index contributed by atoms with van der Waals surface area (Å²) in [5.74, 6) is 1.17. The highest BCUT2D eigenvalue weighted by Gasteiger charge is 2.22. The number of methoxy groups -OCH3 is 1. The van der Waals surface area contributed by atoms with Gasteiger partial charge in [-0.15, -0.1) is 0 Å². The molecule has 0 spiro atoms. The Morgan fingerprint density at radius 1 is 1.00 bits per heavy atom. The molecule has 2 aromatic heterocycles. The lowest BCUT2D eigenvalue weighted by Gasteiger charge is -2.28. The Morgan fingerprint density at radius 3 is 2.45 bits per heavy atom. The van der Waals surface area contributed by atoms with Gasteiger partial charge in [0.25, 0.3) is 10.0 Å². The molecule has 210 valence electrons. The van der Waals surface area contributed by atoms with Gasteiger partial charge in [0.1, 0.15) is 5.82 Å². The number of hydrogen-bond acceptors (Lipinski definition) is 8. The van der Waals surface area contributed by atoms with Crippen LogP contribution in [0.1, 0.15) is 43.7 Å². The van der Waals surface area contributed by atoms with Crippen molar-refractivity contribution in [3.63, 3.8) is 0 Å². The minimum Gasteiger partial charge on any atom is -0.480 e. The third-order valence-corrected chi connectivity index (χ3v) is 9.11. The first-order valence-electron chi connectivity index (χ1n) is 13.7. The molecular weight excluding hydrogens is 524 g/mol. The second-order valence-electron chi connectivity index (χ2n) is 10.2. The van der Waals surface area contributed by atoms with Crippen molar-refractivity contribution in [2.45, 2.75) is 62.9 Å². The van der Waals surface area contributed by atoms with E-state index in [1.165, 1.54) is 7.11 Å². The highest BCUT2D eigenvalue weighted by Crippen LogP contribution is 2.34. The van der Waals surface area contributed by atoms with Gasteiger partial charge in [-0.25, -0.2) is 18.4 Å². The molecule has 0 saturated heterocycles. The first-order valence-corrected chi connectivity index (χ1v) is 15.2. The standard InChI is InChI=1S/C30H36N6O3S/c1-5-20-16-21(17-22-18-32-30(35-28(20)22)33-24-12-10-23(31-3)11-13-24)25-14-15-27(34-29(25)39-4)36-40(37,38)26-9-7-6-8-19(26)2/h6-9,14-18,23-24,31H,5,10-13H2,1-4H3,(H,34,36)(H,32,33,35). The number of anilines is 2. The van der Waals surface area contributed by atoms with E-state index in [9.17, 15) is 8.42 Å². The summed E-state index contributed by atoms with van der Waals surface area (Å²) < 4.78 is 34.1. The fourth-order valence-electron chi connectivity index (χ4n) is 5.35. The number of nitrogens with zero attached hydrogens (tertiary/aromatic N) is 3. The maximum Gasteiger partial charge on any atom is 0.263 e. The van der Waals surface area contributed by atoms with Crippen molar-refractivity contribution in [3.05, 3.63) is 65.9 Å². The monoisotopic (exact) mass is 560 g/mol. The molecule has 0 aliphatic heterocycles. The third-order valence-electron chi connectivity index (χ3n) is 7.60. The van der Waals surface area contributed by atoms with Gasteiger partial charge >= 0.3 is 0 Å². The van der Waals surface area contributed by atoms with Crippen LogP contribution in [0, 0.1) is 6.92 Å². The van der Waals surface area contributed by atoms with Gasteiger partial charge < -0.3 is 15.4 Å². The van der Waals surface area contributed by atoms with Gasteiger partial charge in [-0.2, -0.15) is 4.98 Å². The molecule has 0 radical (unpaired) electrons. The Bertz CT molecular complexity index is 1620. The van der Waals surface area contributed by atoms with Gasteiger partial charge in [-0.05, 0) is 93.1 Å². The number of ether oxygens (including phenoxy) is 1. The number of pyridine rings is 1. The van der Waals surface area contributed by atoms with Crippen LogP contribution in [0.25, 0.3) is 22.0 Å². The summed E-state index contributed by atoms with van der Waals surface area (Å²) in [6.45, 7) is 3.86. The predicted molar refractivity (Wildman–Crippen MR) is 159 cm³/mol. The maximum absolute atomic E-state index is 13.0. The molecule has 2 heterocycles. The number of hydrogen-bond donors (Lipinski definition) is 3. The summed E-state index contributed by atoms with van der Waals surface area (Å²) in [4.78, 5) is 14.2. The fraction of sp³-hybridized carbons (Fsp3) is 0.367. The molecule has 0 amide bonds. The number of benzene rings is 2. The number of nitrogens with one attached hydrogen (secondary N) is 3. The SMILES string of the molecule is CCc1cc(-c2ccc(NS(=O)(=O)c3ccccc3C)nc2OC)cc2cnc(NC3CCC(NC)CC3)nc12. The summed E-state index contributed by atoms with van der Waals surface area (Å²) in [5, 5.41) is 7.83. The average Bonchev–Trinajstić information content (AvgIpc) is 2.97. The number of aromatic nitrogens is 3.